The molecule has 0 unspecified atom stereocenters. The largest absolute Gasteiger partial charge is 0.493 e. The number of likely N-dealkylation sites (tertiary alicyclic amines) is 2. The van der Waals surface area contributed by atoms with Gasteiger partial charge in [-0.2, -0.15) is 0 Å². The number of halogens is 2. The number of carbonyl (C=O) groups excluding carboxylic acids is 4. The molecule has 4 amide bonds. The van der Waals surface area contributed by atoms with Crippen LogP contribution >= 0.6 is 11.6 Å². The second-order valence-corrected chi connectivity index (χ2v) is 24.6. The third-order valence-corrected chi connectivity index (χ3v) is 17.6. The minimum atomic E-state index is -1.13. The molecule has 4 N–H and O–H groups in total. The summed E-state index contributed by atoms with van der Waals surface area (Å²) in [6, 6.07) is 21.2. The molecule has 0 bridgehead atoms. The van der Waals surface area contributed by atoms with E-state index in [4.69, 9.17) is 31.0 Å². The molecule has 0 radical (unpaired) electrons. The van der Waals surface area contributed by atoms with Crippen molar-refractivity contribution >= 4 is 46.9 Å². The maximum absolute atomic E-state index is 14.7. The molecule has 6 fully saturated rings. The quantitative estimate of drug-likeness (QED) is 0.0447. The Balaban J connectivity index is 0.748. The molecule has 2 aliphatic heterocycles. The van der Waals surface area contributed by atoms with Crippen molar-refractivity contribution in [1.82, 2.24) is 39.5 Å². The summed E-state index contributed by atoms with van der Waals surface area (Å²) >= 11 is 6.64. The van der Waals surface area contributed by atoms with E-state index in [-0.39, 0.29) is 89.9 Å². The van der Waals surface area contributed by atoms with E-state index < -0.39 is 23.5 Å². The highest BCUT2D eigenvalue weighted by molar-refractivity contribution is 6.31. The van der Waals surface area contributed by atoms with Gasteiger partial charge in [-0.25, -0.2) is 14.4 Å². The summed E-state index contributed by atoms with van der Waals surface area (Å²) in [5.41, 5.74) is 5.51. The van der Waals surface area contributed by atoms with Crippen molar-refractivity contribution in [2.45, 2.75) is 133 Å². The van der Waals surface area contributed by atoms with Gasteiger partial charge >= 0.3 is 0 Å². The van der Waals surface area contributed by atoms with Gasteiger partial charge in [-0.3, -0.25) is 28.8 Å². The monoisotopic (exact) mass is 1170 g/mol. The maximum Gasteiger partial charge on any atom is 0.263 e. The van der Waals surface area contributed by atoms with Crippen LogP contribution in [0.5, 0.6) is 5.75 Å². The lowest BCUT2D eigenvalue weighted by Gasteiger charge is -2.41. The summed E-state index contributed by atoms with van der Waals surface area (Å²) in [4.78, 5) is 97.1. The normalized spacial score (nSPS) is 18.3. The van der Waals surface area contributed by atoms with Gasteiger partial charge in [0.15, 0.2) is 0 Å². The Bertz CT molecular complexity index is 3720. The first-order valence-electron chi connectivity index (χ1n) is 29.9. The van der Waals surface area contributed by atoms with Crippen molar-refractivity contribution in [2.24, 2.45) is 13.0 Å². The molecular weight excluding hydrogens is 1100 g/mol. The highest BCUT2D eigenvalue weighted by Gasteiger charge is 2.37. The van der Waals surface area contributed by atoms with E-state index in [1.54, 1.807) is 79.5 Å². The van der Waals surface area contributed by atoms with Crippen molar-refractivity contribution in [3.8, 4) is 28.0 Å². The maximum atomic E-state index is 14.7. The van der Waals surface area contributed by atoms with Gasteiger partial charge in [0, 0.05) is 111 Å². The number of methoxy groups -OCH3 is 1. The van der Waals surface area contributed by atoms with E-state index in [1.165, 1.54) is 22.3 Å². The van der Waals surface area contributed by atoms with Crippen LogP contribution in [0.3, 0.4) is 0 Å². The van der Waals surface area contributed by atoms with Crippen LogP contribution in [0.25, 0.3) is 22.3 Å². The summed E-state index contributed by atoms with van der Waals surface area (Å²) in [5.74, 6) is 0.172. The number of hydrogen-bond acceptors (Lipinski definition) is 12. The van der Waals surface area contributed by atoms with Crippen molar-refractivity contribution in [1.29, 1.82) is 0 Å². The van der Waals surface area contributed by atoms with E-state index in [0.717, 1.165) is 67.5 Å². The Hall–Kier alpha value is -7.58. The summed E-state index contributed by atoms with van der Waals surface area (Å²) in [6.45, 7) is 6.30. The van der Waals surface area contributed by atoms with Gasteiger partial charge in [-0.05, 0) is 178 Å². The van der Waals surface area contributed by atoms with Crippen molar-refractivity contribution in [2.75, 3.05) is 50.5 Å². The second-order valence-electron chi connectivity index (χ2n) is 24.1. The van der Waals surface area contributed by atoms with Crippen LogP contribution in [-0.4, -0.2) is 117 Å². The Kier molecular flexibility index (Phi) is 16.6. The summed E-state index contributed by atoms with van der Waals surface area (Å²) < 4.78 is 29.1. The molecule has 0 spiro atoms. The highest BCUT2D eigenvalue weighted by atomic mass is 35.5. The number of carbonyl (C=O) groups is 4. The molecule has 18 nitrogen and oxygen atoms in total. The zero-order valence-electron chi connectivity index (χ0n) is 48.4. The van der Waals surface area contributed by atoms with Crippen molar-refractivity contribution in [3.63, 3.8) is 0 Å². The molecule has 4 aromatic heterocycles. The number of alkyl halides is 1. The van der Waals surface area contributed by atoms with E-state index in [9.17, 15) is 33.2 Å². The molecule has 2 saturated heterocycles. The number of pyridine rings is 4. The van der Waals surface area contributed by atoms with Crippen LogP contribution < -0.4 is 37.1 Å². The molecule has 6 heterocycles. The number of amides is 4. The summed E-state index contributed by atoms with van der Waals surface area (Å²) in [5, 5.41) is 13.1. The molecule has 85 heavy (non-hydrogen) atoms. The molecule has 3 atom stereocenters. The average molecular weight is 1180 g/mol. The molecule has 2 aromatic carbocycles. The van der Waals surface area contributed by atoms with E-state index in [0.29, 0.717) is 88.7 Å². The fourth-order valence-corrected chi connectivity index (χ4v) is 11.6. The molecular formula is C65H72ClFN10O8. The Labute approximate surface area is 497 Å². The Morgan fingerprint density at radius 1 is 0.706 bits per heavy atom. The molecule has 4 saturated carbocycles. The third kappa shape index (κ3) is 13.3. The zero-order chi connectivity index (χ0) is 59.2. The van der Waals surface area contributed by atoms with E-state index in [1.807, 2.05) is 36.2 Å². The molecule has 6 aliphatic rings. The minimum absolute atomic E-state index is 0.00974. The number of anilines is 2. The number of nitrogens with one attached hydrogen (secondary N) is 4. The number of hydrogen-bond donors (Lipinski definition) is 4. The van der Waals surface area contributed by atoms with Crippen LogP contribution in [0.4, 0.5) is 16.0 Å². The number of benzene rings is 2. The van der Waals surface area contributed by atoms with Gasteiger partial charge in [-0.1, -0.05) is 17.7 Å². The molecule has 6 aromatic rings. The fourth-order valence-electron chi connectivity index (χ4n) is 11.4. The topological polar surface area (TPSA) is 211 Å². The summed E-state index contributed by atoms with van der Waals surface area (Å²) in [7, 11) is 3.28. The lowest BCUT2D eigenvalue weighted by Crippen LogP contribution is -2.51. The number of aryl methyl sites for hydroxylation is 1. The summed E-state index contributed by atoms with van der Waals surface area (Å²) in [6.07, 6.45) is 11.5. The first-order chi connectivity index (χ1) is 41.0. The highest BCUT2D eigenvalue weighted by Crippen LogP contribution is 2.44. The second kappa shape index (κ2) is 24.4. The van der Waals surface area contributed by atoms with Crippen molar-refractivity contribution in [3.05, 3.63) is 156 Å². The van der Waals surface area contributed by atoms with E-state index >= 15 is 0 Å². The van der Waals surface area contributed by atoms with Gasteiger partial charge in [-0.15, -0.1) is 0 Å². The van der Waals surface area contributed by atoms with Gasteiger partial charge in [0.1, 0.15) is 34.7 Å². The number of nitrogens with zero attached hydrogens (tertiary/aromatic N) is 6. The SMILES string of the molecule is CO[C@@H](C)CNCc1cc(C(=O)Nc2cc(-c3ccc(Cl)cc3C(=O)N3CC[C@@H]3CCOc3ccc(-c4cc(NC(=O)c5cc(CN[C@@H](C)C6CC6)cn(C)c5=O)nc(C5CC5)c4)c(C(=O)N4CC(F)C4)c3)cc(C3CC3)n2)c(=O)n(C2CC2)c1. The third-order valence-electron chi connectivity index (χ3n) is 17.4. The zero-order valence-corrected chi connectivity index (χ0v) is 49.2. The number of ether oxygens (including phenoxy) is 2. The smallest absolute Gasteiger partial charge is 0.263 e. The molecule has 20 heteroatoms. The first-order valence-corrected chi connectivity index (χ1v) is 30.3. The van der Waals surface area contributed by atoms with Gasteiger partial charge in [0.2, 0.25) is 0 Å². The van der Waals surface area contributed by atoms with Crippen LogP contribution in [0.2, 0.25) is 5.02 Å². The van der Waals surface area contributed by atoms with Crippen molar-refractivity contribution < 1.29 is 33.0 Å². The minimum Gasteiger partial charge on any atom is -0.493 e. The predicted octanol–water partition coefficient (Wildman–Crippen LogP) is 9.41. The molecule has 12 rings (SSSR count). The lowest BCUT2D eigenvalue weighted by atomic mass is 9.94. The van der Waals surface area contributed by atoms with Crippen LogP contribution in [0, 0.1) is 5.92 Å². The van der Waals surface area contributed by atoms with Crippen LogP contribution in [0.15, 0.2) is 94.8 Å². The number of rotatable bonds is 24. The number of aromatic nitrogens is 4. The Morgan fingerprint density at radius 2 is 1.32 bits per heavy atom. The predicted molar refractivity (Wildman–Crippen MR) is 322 cm³/mol. The van der Waals surface area contributed by atoms with Crippen LogP contribution in [0.1, 0.15) is 160 Å². The molecule has 4 aliphatic carbocycles. The van der Waals surface area contributed by atoms with Gasteiger partial charge in [0.05, 0.1) is 31.4 Å². The van der Waals surface area contributed by atoms with Gasteiger partial charge < -0.3 is 49.7 Å². The lowest BCUT2D eigenvalue weighted by molar-refractivity contribution is 0.0396. The first kappa shape index (κ1) is 57.8. The van der Waals surface area contributed by atoms with Crippen LogP contribution in [-0.2, 0) is 24.9 Å². The van der Waals surface area contributed by atoms with Gasteiger partial charge in [0.25, 0.3) is 34.7 Å². The Morgan fingerprint density at radius 3 is 1.89 bits per heavy atom. The average Bonchev–Trinajstić information content (AvgIpc) is 2.93. The fraction of sp³-hybridized carbons (Fsp3) is 0.446. The molecule has 444 valence electrons. The standard InChI is InChI=1S/C65H72ClFN10O8/c1-36(84-4)29-68-30-38-21-55(65(83)77(33-38)47-12-13-47)61(79)73-59-25-43(23-56(71-59)41-7-8-41)50-15-11-45(66)27-52(50)64(82)76-19-17-48(76)18-20-85-49-14-16-51(53(28-49)63(81)75-34-46(67)35-75)44-24-57(42-9-10-42)70-58(26-44)72-60(78)54-22-39(32-74(3)62(54)80)31-69-37(2)40-5-6-40/h11,14-16,21-28,32-33,36-37,40-42,46-48,68-69H,5-10,12-13,17-20,29-31,34-35H2,1-4H3,(H,70,72,78)(H,71,73,79)/t36-,37-,48+/m0/s1. The van der Waals surface area contributed by atoms with E-state index in [2.05, 4.69) is 28.2 Å².